The second-order valence-corrected chi connectivity index (χ2v) is 7.28. The molecule has 3 atom stereocenters. The van der Waals surface area contributed by atoms with Crippen LogP contribution in [0.4, 0.5) is 4.79 Å². The quantitative estimate of drug-likeness (QED) is 0.332. The van der Waals surface area contributed by atoms with E-state index >= 15 is 0 Å². The van der Waals surface area contributed by atoms with E-state index in [1.165, 1.54) is 13.8 Å². The van der Waals surface area contributed by atoms with Gasteiger partial charge in [-0.25, -0.2) is 4.79 Å². The molecule has 0 fully saturated rings. The van der Waals surface area contributed by atoms with Crippen molar-refractivity contribution in [2.24, 2.45) is 5.73 Å². The molecule has 0 unspecified atom stereocenters. The second kappa shape index (κ2) is 11.4. The van der Waals surface area contributed by atoms with E-state index in [-0.39, 0.29) is 0 Å². The summed E-state index contributed by atoms with van der Waals surface area (Å²) >= 11 is 0. The van der Waals surface area contributed by atoms with Gasteiger partial charge in [-0.3, -0.25) is 14.4 Å². The van der Waals surface area contributed by atoms with Crippen LogP contribution in [-0.2, 0) is 19.1 Å². The van der Waals surface area contributed by atoms with Crippen molar-refractivity contribution in [2.45, 2.75) is 77.6 Å². The number of alkyl carbamates (subject to hydrolysis) is 1. The van der Waals surface area contributed by atoms with E-state index in [1.54, 1.807) is 20.8 Å². The van der Waals surface area contributed by atoms with Crippen LogP contribution in [-0.4, -0.2) is 59.3 Å². The zero-order chi connectivity index (χ0) is 21.2. The lowest BCUT2D eigenvalue weighted by Gasteiger charge is -2.24. The Kier molecular flexibility index (Phi) is 10.4. The largest absolute Gasteiger partial charge is 0.480 e. The number of hydrogen-bond acceptors (Lipinski definition) is 6. The maximum atomic E-state index is 12.5. The van der Waals surface area contributed by atoms with Gasteiger partial charge in [0.05, 0.1) is 0 Å². The molecule has 0 aliphatic carbocycles. The minimum Gasteiger partial charge on any atom is -0.480 e. The summed E-state index contributed by atoms with van der Waals surface area (Å²) in [6, 6.07) is -2.97. The van der Waals surface area contributed by atoms with Gasteiger partial charge in [-0.1, -0.05) is 0 Å². The fraction of sp³-hybridized carbons (Fsp3) is 0.765. The Balaban J connectivity index is 4.88. The van der Waals surface area contributed by atoms with E-state index in [9.17, 15) is 19.2 Å². The number of nitrogens with two attached hydrogens (primary N) is 1. The molecule has 10 heteroatoms. The Bertz CT molecular complexity index is 532. The van der Waals surface area contributed by atoms with Crippen molar-refractivity contribution in [3.8, 4) is 0 Å². The number of nitrogens with one attached hydrogen (secondary N) is 3. The maximum absolute atomic E-state index is 12.5. The normalized spacial score (nSPS) is 14.4. The van der Waals surface area contributed by atoms with Crippen LogP contribution in [0.15, 0.2) is 0 Å². The van der Waals surface area contributed by atoms with Crippen LogP contribution >= 0.6 is 0 Å². The molecule has 0 aromatic carbocycles. The molecule has 0 aromatic heterocycles. The first-order valence-corrected chi connectivity index (χ1v) is 8.90. The predicted molar refractivity (Wildman–Crippen MR) is 98.9 cm³/mol. The Morgan fingerprint density at radius 3 is 2.00 bits per heavy atom. The average Bonchev–Trinajstić information content (AvgIpc) is 2.51. The molecule has 0 radical (unpaired) electrons. The fourth-order valence-electron chi connectivity index (χ4n) is 1.99. The van der Waals surface area contributed by atoms with Crippen molar-refractivity contribution < 1.29 is 29.0 Å². The highest BCUT2D eigenvalue weighted by Crippen LogP contribution is 2.08. The summed E-state index contributed by atoms with van der Waals surface area (Å²) in [5.74, 6) is -2.40. The van der Waals surface area contributed by atoms with Gasteiger partial charge in [-0.2, -0.15) is 0 Å². The number of amides is 3. The first-order chi connectivity index (χ1) is 12.4. The highest BCUT2D eigenvalue weighted by molar-refractivity contribution is 5.92. The number of carbonyl (C=O) groups is 4. The third kappa shape index (κ3) is 11.1. The van der Waals surface area contributed by atoms with E-state index in [0.717, 1.165) is 0 Å². The highest BCUT2D eigenvalue weighted by atomic mass is 16.6. The highest BCUT2D eigenvalue weighted by Gasteiger charge is 2.27. The molecular formula is C17H32N4O6. The summed E-state index contributed by atoms with van der Waals surface area (Å²) in [7, 11) is 0. The van der Waals surface area contributed by atoms with Gasteiger partial charge in [-0.15, -0.1) is 0 Å². The molecule has 0 bridgehead atoms. The third-order valence-electron chi connectivity index (χ3n) is 3.44. The predicted octanol–water partition coefficient (Wildman–Crippen LogP) is 0.103. The van der Waals surface area contributed by atoms with Gasteiger partial charge in [0.15, 0.2) is 0 Å². The Morgan fingerprint density at radius 2 is 1.52 bits per heavy atom. The molecule has 0 saturated heterocycles. The van der Waals surface area contributed by atoms with E-state index in [4.69, 9.17) is 15.6 Å². The number of hydrogen-bond donors (Lipinski definition) is 5. The third-order valence-corrected chi connectivity index (χ3v) is 3.44. The molecule has 0 saturated carbocycles. The van der Waals surface area contributed by atoms with Crippen molar-refractivity contribution in [3.63, 3.8) is 0 Å². The smallest absolute Gasteiger partial charge is 0.408 e. The molecule has 0 heterocycles. The summed E-state index contributed by atoms with van der Waals surface area (Å²) in [6.07, 6.45) is 0.849. The Morgan fingerprint density at radius 1 is 0.963 bits per heavy atom. The van der Waals surface area contributed by atoms with Crippen molar-refractivity contribution >= 4 is 23.9 Å². The van der Waals surface area contributed by atoms with E-state index in [2.05, 4.69) is 16.0 Å². The van der Waals surface area contributed by atoms with Crippen LogP contribution in [0, 0.1) is 0 Å². The standard InChI is InChI=1S/C17H32N4O6/c1-10(13(22)20-11(2)15(24)25)19-14(23)12(8-6-7-9-18)21-16(26)27-17(3,4)5/h10-12H,6-9,18H2,1-5H3,(H,19,23)(H,20,22)(H,21,26)(H,24,25)/t10-,11-,12-/m0/s1. The molecule has 6 N–H and O–H groups in total. The monoisotopic (exact) mass is 388 g/mol. The fourth-order valence-corrected chi connectivity index (χ4v) is 1.99. The van der Waals surface area contributed by atoms with Crippen molar-refractivity contribution in [2.75, 3.05) is 6.54 Å². The molecule has 0 spiro atoms. The second-order valence-electron chi connectivity index (χ2n) is 7.28. The summed E-state index contributed by atoms with van der Waals surface area (Å²) in [6.45, 7) is 8.29. The first kappa shape index (κ1) is 24.6. The average molecular weight is 388 g/mol. The van der Waals surface area contributed by atoms with Crippen LogP contribution < -0.4 is 21.7 Å². The minimum absolute atomic E-state index is 0.322. The zero-order valence-corrected chi connectivity index (χ0v) is 16.6. The van der Waals surface area contributed by atoms with E-state index < -0.39 is 47.6 Å². The van der Waals surface area contributed by atoms with Gasteiger partial charge in [0.2, 0.25) is 11.8 Å². The SMILES string of the molecule is C[C@H](NC(=O)[C@H](C)NC(=O)[C@H](CCCCN)NC(=O)OC(C)(C)C)C(=O)O. The molecule has 10 nitrogen and oxygen atoms in total. The number of rotatable bonds is 10. The Labute approximate surface area is 159 Å². The summed E-state index contributed by atoms with van der Waals surface area (Å²) < 4.78 is 5.16. The van der Waals surface area contributed by atoms with Gasteiger partial charge in [0, 0.05) is 0 Å². The van der Waals surface area contributed by atoms with Gasteiger partial charge < -0.3 is 31.5 Å². The summed E-state index contributed by atoms with van der Waals surface area (Å²) in [4.78, 5) is 47.2. The lowest BCUT2D eigenvalue weighted by Crippen LogP contribution is -2.54. The van der Waals surface area contributed by atoms with Crippen LogP contribution in [0.5, 0.6) is 0 Å². The lowest BCUT2D eigenvalue weighted by atomic mass is 10.1. The zero-order valence-electron chi connectivity index (χ0n) is 16.6. The number of aliphatic carboxylic acids is 1. The van der Waals surface area contributed by atoms with Crippen molar-refractivity contribution in [3.05, 3.63) is 0 Å². The number of carboxylic acids is 1. The number of carboxylic acid groups (broad SMARTS) is 1. The van der Waals surface area contributed by atoms with Gasteiger partial charge >= 0.3 is 12.1 Å². The van der Waals surface area contributed by atoms with Crippen LogP contribution in [0.25, 0.3) is 0 Å². The molecule has 3 amide bonds. The molecule has 0 aliphatic heterocycles. The van der Waals surface area contributed by atoms with E-state index in [0.29, 0.717) is 25.8 Å². The lowest BCUT2D eigenvalue weighted by molar-refractivity contribution is -0.141. The van der Waals surface area contributed by atoms with Crippen LogP contribution in [0.2, 0.25) is 0 Å². The molecule has 0 aromatic rings. The number of carbonyl (C=O) groups excluding carboxylic acids is 3. The van der Waals surface area contributed by atoms with Crippen molar-refractivity contribution in [1.29, 1.82) is 0 Å². The molecule has 0 aliphatic rings. The molecule has 27 heavy (non-hydrogen) atoms. The van der Waals surface area contributed by atoms with Gasteiger partial charge in [0.25, 0.3) is 0 Å². The topological polar surface area (TPSA) is 160 Å². The van der Waals surface area contributed by atoms with Crippen molar-refractivity contribution in [1.82, 2.24) is 16.0 Å². The number of unbranched alkanes of at least 4 members (excludes halogenated alkanes) is 1. The Hall–Kier alpha value is -2.36. The summed E-state index contributed by atoms with van der Waals surface area (Å²) in [5.41, 5.74) is 4.73. The molecule has 0 rings (SSSR count). The summed E-state index contributed by atoms with van der Waals surface area (Å²) in [5, 5.41) is 16.1. The molecule has 156 valence electrons. The van der Waals surface area contributed by atoms with E-state index in [1.807, 2.05) is 0 Å². The van der Waals surface area contributed by atoms with Gasteiger partial charge in [0.1, 0.15) is 23.7 Å². The number of ether oxygens (including phenoxy) is 1. The molecular weight excluding hydrogens is 356 g/mol. The van der Waals surface area contributed by atoms with Crippen LogP contribution in [0.1, 0.15) is 53.9 Å². The first-order valence-electron chi connectivity index (χ1n) is 8.90. The maximum Gasteiger partial charge on any atom is 0.408 e. The van der Waals surface area contributed by atoms with Crippen LogP contribution in [0.3, 0.4) is 0 Å². The van der Waals surface area contributed by atoms with Gasteiger partial charge in [-0.05, 0) is 60.4 Å². The minimum atomic E-state index is -1.19.